The third-order valence-electron chi connectivity index (χ3n) is 4.69. The van der Waals surface area contributed by atoms with Crippen molar-refractivity contribution in [3.05, 3.63) is 59.4 Å². The fraction of sp³-hybridized carbons (Fsp3) is 0.300. The number of aryl methyl sites for hydroxylation is 1. The Morgan fingerprint density at radius 1 is 1.23 bits per heavy atom. The first kappa shape index (κ1) is 17.1. The van der Waals surface area contributed by atoms with Crippen LogP contribution in [-0.2, 0) is 9.59 Å². The van der Waals surface area contributed by atoms with Gasteiger partial charge in [-0.15, -0.1) is 11.8 Å². The molecule has 2 fully saturated rings. The highest BCUT2D eigenvalue weighted by molar-refractivity contribution is 8.00. The first-order valence-electron chi connectivity index (χ1n) is 8.63. The lowest BCUT2D eigenvalue weighted by Crippen LogP contribution is -2.28. The number of anilines is 2. The van der Waals surface area contributed by atoms with Crippen molar-refractivity contribution in [2.45, 2.75) is 25.1 Å². The van der Waals surface area contributed by atoms with Crippen LogP contribution in [0.1, 0.15) is 29.3 Å². The van der Waals surface area contributed by atoms with Gasteiger partial charge >= 0.3 is 0 Å². The smallest absolute Gasteiger partial charge is 0.238 e. The molecule has 1 heterocycles. The van der Waals surface area contributed by atoms with Crippen LogP contribution in [0.5, 0.6) is 0 Å². The molecule has 0 bridgehead atoms. The molecule has 0 aromatic heterocycles. The summed E-state index contributed by atoms with van der Waals surface area (Å²) in [6.07, 6.45) is 1.90. The van der Waals surface area contributed by atoms with Crippen LogP contribution in [0.15, 0.2) is 42.5 Å². The molecule has 2 aromatic rings. The zero-order valence-electron chi connectivity index (χ0n) is 14.4. The molecule has 0 unspecified atom stereocenters. The summed E-state index contributed by atoms with van der Waals surface area (Å²) in [6, 6.07) is 12.4. The largest absolute Gasteiger partial charge is 0.326 e. The lowest BCUT2D eigenvalue weighted by atomic mass is 10.1. The van der Waals surface area contributed by atoms with Gasteiger partial charge in [-0.2, -0.15) is 0 Å². The zero-order chi connectivity index (χ0) is 18.3. The number of amides is 2. The fourth-order valence-corrected chi connectivity index (χ4v) is 4.21. The average Bonchev–Trinajstić information content (AvgIpc) is 3.40. The summed E-state index contributed by atoms with van der Waals surface area (Å²) in [5.41, 5.74) is 2.75. The molecule has 4 rings (SSSR count). The number of carbonyl (C=O) groups is 2. The average molecular weight is 370 g/mol. The van der Waals surface area contributed by atoms with Crippen LogP contribution in [0.25, 0.3) is 0 Å². The molecule has 2 aromatic carbocycles. The van der Waals surface area contributed by atoms with Gasteiger partial charge in [0.05, 0.1) is 5.75 Å². The minimum atomic E-state index is -0.323. The van der Waals surface area contributed by atoms with E-state index >= 15 is 0 Å². The molecule has 2 amide bonds. The number of carbonyl (C=O) groups excluding carboxylic acids is 2. The maximum Gasteiger partial charge on any atom is 0.238 e. The lowest BCUT2D eigenvalue weighted by Gasteiger charge is -2.25. The van der Waals surface area contributed by atoms with E-state index in [1.807, 2.05) is 24.3 Å². The van der Waals surface area contributed by atoms with Gasteiger partial charge in [-0.25, -0.2) is 4.39 Å². The van der Waals surface area contributed by atoms with E-state index in [2.05, 4.69) is 5.32 Å². The highest BCUT2D eigenvalue weighted by Gasteiger charge is 2.35. The van der Waals surface area contributed by atoms with Crippen LogP contribution < -0.4 is 10.2 Å². The van der Waals surface area contributed by atoms with Crippen molar-refractivity contribution in [1.82, 2.24) is 0 Å². The number of benzene rings is 2. The lowest BCUT2D eigenvalue weighted by molar-refractivity contribution is -0.117. The van der Waals surface area contributed by atoms with Crippen molar-refractivity contribution < 1.29 is 14.0 Å². The molecule has 26 heavy (non-hydrogen) atoms. The van der Waals surface area contributed by atoms with Crippen LogP contribution in [0.2, 0.25) is 0 Å². The molecule has 1 atom stereocenters. The molecule has 2 aliphatic rings. The monoisotopic (exact) mass is 370 g/mol. The van der Waals surface area contributed by atoms with Gasteiger partial charge in [-0.1, -0.05) is 18.2 Å². The summed E-state index contributed by atoms with van der Waals surface area (Å²) in [4.78, 5) is 26.1. The number of rotatable bonds is 4. The van der Waals surface area contributed by atoms with Gasteiger partial charge in [0.2, 0.25) is 11.8 Å². The minimum Gasteiger partial charge on any atom is -0.326 e. The third kappa shape index (κ3) is 3.33. The highest BCUT2D eigenvalue weighted by atomic mass is 32.2. The Morgan fingerprint density at radius 3 is 2.77 bits per heavy atom. The van der Waals surface area contributed by atoms with E-state index in [4.69, 9.17) is 0 Å². The maximum atomic E-state index is 14.0. The molecule has 1 saturated heterocycles. The molecule has 4 nitrogen and oxygen atoms in total. The van der Waals surface area contributed by atoms with Crippen molar-refractivity contribution in [1.29, 1.82) is 0 Å². The second kappa shape index (κ2) is 6.76. The Balaban J connectivity index is 1.62. The molecule has 1 aliphatic carbocycles. The quantitative estimate of drug-likeness (QED) is 0.875. The van der Waals surface area contributed by atoms with E-state index in [0.717, 1.165) is 24.1 Å². The van der Waals surface area contributed by atoms with Crippen molar-refractivity contribution in [3.8, 4) is 0 Å². The van der Waals surface area contributed by atoms with E-state index in [-0.39, 0.29) is 28.9 Å². The van der Waals surface area contributed by atoms with E-state index < -0.39 is 0 Å². The van der Waals surface area contributed by atoms with Gasteiger partial charge in [-0.05, 0) is 55.2 Å². The Bertz CT molecular complexity index is 882. The molecule has 0 radical (unpaired) electrons. The van der Waals surface area contributed by atoms with Gasteiger partial charge in [0.25, 0.3) is 0 Å². The molecule has 1 aliphatic heterocycles. The van der Waals surface area contributed by atoms with E-state index in [1.54, 1.807) is 24.0 Å². The van der Waals surface area contributed by atoms with E-state index in [1.165, 1.54) is 17.8 Å². The SMILES string of the molecule is Cc1ccc(N2C(=O)CS[C@H]2c2cccc(NC(=O)C3CC3)c2)cc1F. The van der Waals surface area contributed by atoms with E-state index in [9.17, 15) is 14.0 Å². The van der Waals surface area contributed by atoms with Crippen molar-refractivity contribution in [2.75, 3.05) is 16.0 Å². The summed E-state index contributed by atoms with van der Waals surface area (Å²) in [5.74, 6) is 0.161. The first-order valence-corrected chi connectivity index (χ1v) is 9.68. The highest BCUT2D eigenvalue weighted by Crippen LogP contribution is 2.42. The third-order valence-corrected chi connectivity index (χ3v) is 5.90. The van der Waals surface area contributed by atoms with Crippen LogP contribution in [-0.4, -0.2) is 17.6 Å². The first-order chi connectivity index (χ1) is 12.5. The van der Waals surface area contributed by atoms with E-state index in [0.29, 0.717) is 17.0 Å². The van der Waals surface area contributed by atoms with Crippen molar-refractivity contribution in [3.63, 3.8) is 0 Å². The summed E-state index contributed by atoms with van der Waals surface area (Å²) in [7, 11) is 0. The Morgan fingerprint density at radius 2 is 2.04 bits per heavy atom. The standard InChI is InChI=1S/C20H19FN2O2S/c1-12-5-8-16(10-17(12)21)23-18(24)11-26-20(23)14-3-2-4-15(9-14)22-19(25)13-6-7-13/h2-5,8-10,13,20H,6-7,11H2,1H3,(H,22,25)/t20-/m0/s1. The molecule has 1 saturated carbocycles. The van der Waals surface area contributed by atoms with Gasteiger partial charge in [0.1, 0.15) is 11.2 Å². The number of thioether (sulfide) groups is 1. The second-order valence-electron chi connectivity index (χ2n) is 6.75. The summed E-state index contributed by atoms with van der Waals surface area (Å²) < 4.78 is 14.0. The van der Waals surface area contributed by atoms with Crippen LogP contribution >= 0.6 is 11.8 Å². The fourth-order valence-electron chi connectivity index (χ4n) is 3.04. The molecular formula is C20H19FN2O2S. The number of hydrogen-bond acceptors (Lipinski definition) is 3. The van der Waals surface area contributed by atoms with Crippen molar-refractivity contribution in [2.24, 2.45) is 5.92 Å². The minimum absolute atomic E-state index is 0.0457. The summed E-state index contributed by atoms with van der Waals surface area (Å²) in [6.45, 7) is 1.70. The topological polar surface area (TPSA) is 49.4 Å². The number of halogens is 1. The normalized spacial score (nSPS) is 19.7. The summed E-state index contributed by atoms with van der Waals surface area (Å²) >= 11 is 1.50. The maximum absolute atomic E-state index is 14.0. The van der Waals surface area contributed by atoms with Gasteiger partial charge in [-0.3, -0.25) is 14.5 Å². The second-order valence-corrected chi connectivity index (χ2v) is 7.82. The van der Waals surface area contributed by atoms with Crippen LogP contribution in [0.4, 0.5) is 15.8 Å². The zero-order valence-corrected chi connectivity index (χ0v) is 15.2. The van der Waals surface area contributed by atoms with Crippen LogP contribution in [0.3, 0.4) is 0 Å². The van der Waals surface area contributed by atoms with Crippen molar-refractivity contribution >= 4 is 35.0 Å². The molecule has 6 heteroatoms. The predicted octanol–water partition coefficient (Wildman–Crippen LogP) is 4.26. The Labute approximate surface area is 155 Å². The van der Waals surface area contributed by atoms with Crippen LogP contribution in [0, 0.1) is 18.7 Å². The van der Waals surface area contributed by atoms with Gasteiger partial charge in [0.15, 0.2) is 0 Å². The molecule has 1 N–H and O–H groups in total. The van der Waals surface area contributed by atoms with Gasteiger partial charge in [0, 0.05) is 17.3 Å². The summed E-state index contributed by atoms with van der Waals surface area (Å²) in [5, 5.41) is 2.70. The molecule has 134 valence electrons. The molecular weight excluding hydrogens is 351 g/mol. The van der Waals surface area contributed by atoms with Gasteiger partial charge < -0.3 is 5.32 Å². The predicted molar refractivity (Wildman–Crippen MR) is 102 cm³/mol. The number of nitrogens with zero attached hydrogens (tertiary/aromatic N) is 1. The number of hydrogen-bond donors (Lipinski definition) is 1. The Kier molecular flexibility index (Phi) is 4.44. The number of nitrogens with one attached hydrogen (secondary N) is 1. The Hall–Kier alpha value is -2.34. The molecule has 0 spiro atoms.